The van der Waals surface area contributed by atoms with Crippen LogP contribution in [0.15, 0.2) is 11.6 Å². The third-order valence-corrected chi connectivity index (χ3v) is 1.28. The Morgan fingerprint density at radius 1 is 1.27 bits per heavy atom. The Labute approximate surface area is 86.5 Å². The van der Waals surface area contributed by atoms with Crippen molar-refractivity contribution >= 4 is 17.9 Å². The molecule has 0 radical (unpaired) electrons. The third-order valence-electron chi connectivity index (χ3n) is 1.28. The summed E-state index contributed by atoms with van der Waals surface area (Å²) in [6.45, 7) is 2.43. The number of aliphatic carboxylic acids is 1. The van der Waals surface area contributed by atoms with Crippen LogP contribution in [0.4, 0.5) is 0 Å². The molecule has 0 spiro atoms. The van der Waals surface area contributed by atoms with Crippen LogP contribution in [0.2, 0.25) is 0 Å². The van der Waals surface area contributed by atoms with E-state index in [2.05, 4.69) is 9.47 Å². The summed E-state index contributed by atoms with van der Waals surface area (Å²) >= 11 is 0. The molecule has 0 aromatic rings. The zero-order valence-corrected chi connectivity index (χ0v) is 8.48. The Kier molecular flexibility index (Phi) is 5.77. The topological polar surface area (TPSA) is 89.9 Å². The van der Waals surface area contributed by atoms with E-state index in [0.717, 1.165) is 13.0 Å². The van der Waals surface area contributed by atoms with Gasteiger partial charge < -0.3 is 14.6 Å². The molecular weight excluding hydrogens is 204 g/mol. The minimum atomic E-state index is -1.33. The zero-order chi connectivity index (χ0) is 11.8. The van der Waals surface area contributed by atoms with E-state index in [9.17, 15) is 14.4 Å². The lowest BCUT2D eigenvalue weighted by Crippen LogP contribution is -2.13. The van der Waals surface area contributed by atoms with E-state index in [-0.39, 0.29) is 12.2 Å². The highest BCUT2D eigenvalue weighted by atomic mass is 16.5. The highest BCUT2D eigenvalue weighted by molar-refractivity contribution is 5.95. The zero-order valence-electron chi connectivity index (χ0n) is 8.48. The summed E-state index contributed by atoms with van der Waals surface area (Å²) in [5.41, 5.74) is -0.330. The van der Waals surface area contributed by atoms with Gasteiger partial charge in [-0.1, -0.05) is 0 Å². The molecule has 0 amide bonds. The second-order valence-corrected chi connectivity index (χ2v) is 2.51. The lowest BCUT2D eigenvalue weighted by molar-refractivity contribution is -0.142. The van der Waals surface area contributed by atoms with Crippen molar-refractivity contribution in [2.24, 2.45) is 0 Å². The highest BCUT2D eigenvalue weighted by Gasteiger charge is 2.11. The maximum Gasteiger partial charge on any atom is 0.335 e. The number of hydrogen-bond donors (Lipinski definition) is 1. The van der Waals surface area contributed by atoms with Gasteiger partial charge in [-0.3, -0.25) is 4.79 Å². The summed E-state index contributed by atoms with van der Waals surface area (Å²) in [5, 5.41) is 8.64. The van der Waals surface area contributed by atoms with Crippen molar-refractivity contribution in [2.75, 3.05) is 13.2 Å². The van der Waals surface area contributed by atoms with E-state index in [1.807, 2.05) is 0 Å². The molecule has 0 unspecified atom stereocenters. The smallest absolute Gasteiger partial charge is 0.335 e. The molecule has 0 aromatic heterocycles. The lowest BCUT2D eigenvalue weighted by atomic mass is 10.2. The highest BCUT2D eigenvalue weighted by Crippen LogP contribution is 1.98. The Bertz CT molecular complexity index is 291. The van der Waals surface area contributed by atoms with E-state index in [0.29, 0.717) is 0 Å². The van der Waals surface area contributed by atoms with Gasteiger partial charge in [0.25, 0.3) is 0 Å². The number of rotatable bonds is 5. The molecule has 0 aliphatic rings. The molecule has 0 saturated carbocycles. The predicted octanol–water partition coefficient (Wildman–Crippen LogP) is 0.124. The first-order valence-electron chi connectivity index (χ1n) is 4.21. The van der Waals surface area contributed by atoms with Crippen molar-refractivity contribution in [1.29, 1.82) is 0 Å². The van der Waals surface area contributed by atoms with Crippen LogP contribution >= 0.6 is 0 Å². The minimum Gasteiger partial charge on any atom is -0.478 e. The summed E-state index contributed by atoms with van der Waals surface area (Å²) in [6, 6.07) is 0. The van der Waals surface area contributed by atoms with Crippen LogP contribution in [-0.4, -0.2) is 36.2 Å². The van der Waals surface area contributed by atoms with E-state index in [4.69, 9.17) is 5.11 Å². The Balaban J connectivity index is 4.44. The van der Waals surface area contributed by atoms with E-state index in [1.165, 1.54) is 0 Å². The largest absolute Gasteiger partial charge is 0.478 e. The van der Waals surface area contributed by atoms with Gasteiger partial charge in [0.15, 0.2) is 0 Å². The van der Waals surface area contributed by atoms with Gasteiger partial charge in [-0.25, -0.2) is 9.59 Å². The first-order chi connectivity index (χ1) is 6.97. The van der Waals surface area contributed by atoms with Crippen LogP contribution in [0.5, 0.6) is 0 Å². The fourth-order valence-electron chi connectivity index (χ4n) is 0.671. The van der Waals surface area contributed by atoms with Crippen LogP contribution in [0.1, 0.15) is 13.8 Å². The lowest BCUT2D eigenvalue weighted by Gasteiger charge is -2.02. The average molecular weight is 216 g/mol. The van der Waals surface area contributed by atoms with E-state index in [1.54, 1.807) is 6.92 Å². The van der Waals surface area contributed by atoms with Crippen LogP contribution in [-0.2, 0) is 23.9 Å². The summed E-state index contributed by atoms with van der Waals surface area (Å²) in [5.74, 6) is -2.72. The molecule has 1 N–H and O–H groups in total. The SMILES string of the molecule is CCOC(=O)/C=C(/COC(C)=O)C(=O)O. The maximum atomic E-state index is 10.9. The van der Waals surface area contributed by atoms with Crippen LogP contribution in [0, 0.1) is 0 Å². The molecule has 0 rings (SSSR count). The quantitative estimate of drug-likeness (QED) is 0.518. The molecule has 0 aliphatic carbocycles. The van der Waals surface area contributed by atoms with Crippen molar-refractivity contribution in [2.45, 2.75) is 13.8 Å². The third kappa shape index (κ3) is 6.25. The van der Waals surface area contributed by atoms with Gasteiger partial charge in [-0.15, -0.1) is 0 Å². The number of carbonyl (C=O) groups is 3. The second kappa shape index (κ2) is 6.58. The second-order valence-electron chi connectivity index (χ2n) is 2.51. The molecular formula is C9H12O6. The van der Waals surface area contributed by atoms with Gasteiger partial charge in [-0.05, 0) is 6.92 Å². The van der Waals surface area contributed by atoms with Gasteiger partial charge in [0.1, 0.15) is 6.61 Å². The Morgan fingerprint density at radius 3 is 2.27 bits per heavy atom. The van der Waals surface area contributed by atoms with Crippen molar-refractivity contribution in [3.05, 3.63) is 11.6 Å². The van der Waals surface area contributed by atoms with Gasteiger partial charge in [0.2, 0.25) is 0 Å². The first-order valence-corrected chi connectivity index (χ1v) is 4.21. The van der Waals surface area contributed by atoms with Crippen LogP contribution in [0.3, 0.4) is 0 Å². The summed E-state index contributed by atoms with van der Waals surface area (Å²) in [4.78, 5) is 31.9. The number of hydrogen-bond acceptors (Lipinski definition) is 5. The molecule has 15 heavy (non-hydrogen) atoms. The molecule has 0 aromatic carbocycles. The van der Waals surface area contributed by atoms with Gasteiger partial charge in [0.05, 0.1) is 12.2 Å². The molecule has 84 valence electrons. The van der Waals surface area contributed by atoms with Crippen molar-refractivity contribution in [3.8, 4) is 0 Å². The molecule has 6 nitrogen and oxygen atoms in total. The minimum absolute atomic E-state index is 0.149. The summed E-state index contributed by atoms with van der Waals surface area (Å²) in [7, 11) is 0. The average Bonchev–Trinajstić information content (AvgIpc) is 2.11. The fraction of sp³-hybridized carbons (Fsp3) is 0.444. The van der Waals surface area contributed by atoms with Gasteiger partial charge in [-0.2, -0.15) is 0 Å². The van der Waals surface area contributed by atoms with Crippen LogP contribution in [0.25, 0.3) is 0 Å². The number of ether oxygens (including phenoxy) is 2. The molecule has 0 fully saturated rings. The first kappa shape index (κ1) is 13.2. The number of carboxylic acids is 1. The maximum absolute atomic E-state index is 10.9. The van der Waals surface area contributed by atoms with E-state index < -0.39 is 24.5 Å². The number of esters is 2. The fourth-order valence-corrected chi connectivity index (χ4v) is 0.671. The van der Waals surface area contributed by atoms with Crippen molar-refractivity contribution < 1.29 is 29.0 Å². The molecule has 6 heteroatoms. The predicted molar refractivity (Wildman–Crippen MR) is 49.0 cm³/mol. The standard InChI is InChI=1S/C9H12O6/c1-3-14-8(11)4-7(9(12)13)5-15-6(2)10/h4H,3,5H2,1-2H3,(H,12,13)/b7-4-. The normalized spacial score (nSPS) is 10.7. The molecule has 0 heterocycles. The van der Waals surface area contributed by atoms with Gasteiger partial charge in [0, 0.05) is 13.0 Å². The number of carbonyl (C=O) groups excluding carboxylic acids is 2. The summed E-state index contributed by atoms with van der Waals surface area (Å²) < 4.78 is 8.96. The monoisotopic (exact) mass is 216 g/mol. The van der Waals surface area contributed by atoms with Gasteiger partial charge >= 0.3 is 17.9 Å². The van der Waals surface area contributed by atoms with E-state index >= 15 is 0 Å². The Morgan fingerprint density at radius 2 is 1.87 bits per heavy atom. The molecule has 0 saturated heterocycles. The summed E-state index contributed by atoms with van der Waals surface area (Å²) in [6.07, 6.45) is 0.786. The Hall–Kier alpha value is -1.85. The molecule has 0 aliphatic heterocycles. The van der Waals surface area contributed by atoms with Crippen LogP contribution < -0.4 is 0 Å². The number of carboxylic acid groups (broad SMARTS) is 1. The molecule has 0 bridgehead atoms. The van der Waals surface area contributed by atoms with Crippen molar-refractivity contribution in [1.82, 2.24) is 0 Å². The molecule has 0 atom stereocenters. The van der Waals surface area contributed by atoms with Crippen molar-refractivity contribution in [3.63, 3.8) is 0 Å².